The minimum atomic E-state index is 0.510. The Hall–Kier alpha value is -1.24. The number of rotatable bonds is 3. The molecule has 1 atom stereocenters. The van der Waals surface area contributed by atoms with Gasteiger partial charge in [-0.3, -0.25) is 4.90 Å². The monoisotopic (exact) mass is 264 g/mol. The summed E-state index contributed by atoms with van der Waals surface area (Å²) in [6.07, 6.45) is 0. The van der Waals surface area contributed by atoms with Crippen molar-refractivity contribution in [1.82, 2.24) is 20.4 Å². The van der Waals surface area contributed by atoms with Crippen LogP contribution in [0, 0.1) is 0 Å². The van der Waals surface area contributed by atoms with Gasteiger partial charge in [0.25, 0.3) is 5.89 Å². The second-order valence-corrected chi connectivity index (χ2v) is 5.45. The van der Waals surface area contributed by atoms with Gasteiger partial charge in [-0.25, -0.2) is 0 Å². The lowest BCUT2D eigenvalue weighted by Crippen LogP contribution is -2.49. The zero-order valence-electron chi connectivity index (χ0n) is 10.3. The smallest absolute Gasteiger partial charge is 0.257 e. The van der Waals surface area contributed by atoms with Crippen molar-refractivity contribution < 1.29 is 4.42 Å². The van der Waals surface area contributed by atoms with Crippen LogP contribution in [0.1, 0.15) is 12.8 Å². The molecule has 18 heavy (non-hydrogen) atoms. The van der Waals surface area contributed by atoms with Crippen molar-refractivity contribution >= 4 is 11.3 Å². The van der Waals surface area contributed by atoms with Crippen LogP contribution in [-0.4, -0.2) is 40.8 Å². The number of piperazine rings is 1. The van der Waals surface area contributed by atoms with E-state index >= 15 is 0 Å². The molecule has 3 heterocycles. The second-order valence-electron chi connectivity index (χ2n) is 4.50. The Bertz CT molecular complexity index is 496. The van der Waals surface area contributed by atoms with Crippen LogP contribution < -0.4 is 5.32 Å². The van der Waals surface area contributed by atoms with E-state index in [2.05, 4.69) is 27.3 Å². The Labute approximate surface area is 110 Å². The third kappa shape index (κ3) is 2.45. The number of thiophene rings is 1. The number of hydrogen-bond donors (Lipinski definition) is 1. The highest BCUT2D eigenvalue weighted by Gasteiger charge is 2.20. The number of aromatic nitrogens is 2. The Morgan fingerprint density at radius 3 is 3.28 bits per heavy atom. The van der Waals surface area contributed by atoms with Gasteiger partial charge in [0, 0.05) is 25.7 Å². The van der Waals surface area contributed by atoms with Gasteiger partial charge in [0.05, 0.1) is 11.4 Å². The fraction of sp³-hybridized carbons (Fsp3) is 0.500. The third-order valence-electron chi connectivity index (χ3n) is 3.18. The molecule has 3 rings (SSSR count). The summed E-state index contributed by atoms with van der Waals surface area (Å²) in [7, 11) is 0. The summed E-state index contributed by atoms with van der Waals surface area (Å²) < 4.78 is 5.71. The minimum absolute atomic E-state index is 0.510. The van der Waals surface area contributed by atoms with E-state index < -0.39 is 0 Å². The first-order valence-corrected chi connectivity index (χ1v) is 7.02. The molecule has 1 aliphatic heterocycles. The maximum atomic E-state index is 5.71. The van der Waals surface area contributed by atoms with E-state index in [0.717, 1.165) is 31.1 Å². The molecule has 5 nitrogen and oxygen atoms in total. The first-order chi connectivity index (χ1) is 8.83. The summed E-state index contributed by atoms with van der Waals surface area (Å²) >= 11 is 1.62. The van der Waals surface area contributed by atoms with Crippen LogP contribution in [0.5, 0.6) is 0 Å². The molecule has 0 spiro atoms. The van der Waals surface area contributed by atoms with Crippen molar-refractivity contribution in [2.75, 3.05) is 19.6 Å². The normalized spacial score (nSPS) is 21.3. The Kier molecular flexibility index (Phi) is 3.40. The van der Waals surface area contributed by atoms with Crippen molar-refractivity contribution in [3.63, 3.8) is 0 Å². The average molecular weight is 264 g/mol. The fourth-order valence-electron chi connectivity index (χ4n) is 2.11. The maximum absolute atomic E-state index is 5.71. The highest BCUT2D eigenvalue weighted by Crippen LogP contribution is 2.23. The molecule has 0 unspecified atom stereocenters. The molecule has 0 amide bonds. The van der Waals surface area contributed by atoms with E-state index in [1.54, 1.807) is 11.3 Å². The summed E-state index contributed by atoms with van der Waals surface area (Å²) in [5.41, 5.74) is 0. The maximum Gasteiger partial charge on any atom is 0.257 e. The van der Waals surface area contributed by atoms with E-state index in [4.69, 9.17) is 4.42 Å². The van der Waals surface area contributed by atoms with Gasteiger partial charge in [-0.15, -0.1) is 21.5 Å². The number of nitrogens with zero attached hydrogens (tertiary/aromatic N) is 3. The molecule has 0 aliphatic carbocycles. The quantitative estimate of drug-likeness (QED) is 0.912. The van der Waals surface area contributed by atoms with Crippen molar-refractivity contribution in [2.45, 2.75) is 19.5 Å². The van der Waals surface area contributed by atoms with Crippen molar-refractivity contribution in [3.8, 4) is 10.8 Å². The molecule has 0 saturated carbocycles. The van der Waals surface area contributed by atoms with E-state index in [-0.39, 0.29) is 0 Å². The average Bonchev–Trinajstić information content (AvgIpc) is 3.02. The summed E-state index contributed by atoms with van der Waals surface area (Å²) in [6.45, 7) is 6.02. The van der Waals surface area contributed by atoms with Gasteiger partial charge in [0.2, 0.25) is 5.89 Å². The Balaban J connectivity index is 1.70. The summed E-state index contributed by atoms with van der Waals surface area (Å²) in [5.74, 6) is 1.33. The van der Waals surface area contributed by atoms with Crippen LogP contribution in [-0.2, 0) is 6.54 Å². The van der Waals surface area contributed by atoms with E-state index in [1.807, 2.05) is 17.5 Å². The van der Waals surface area contributed by atoms with Crippen LogP contribution in [0.25, 0.3) is 10.8 Å². The second kappa shape index (κ2) is 5.17. The lowest BCUT2D eigenvalue weighted by atomic mass is 10.2. The SMILES string of the molecule is C[C@@H]1CNCCN1Cc1nnc(-c2cccs2)o1. The largest absolute Gasteiger partial charge is 0.419 e. The molecular formula is C12H16N4OS. The molecule has 1 fully saturated rings. The first-order valence-electron chi connectivity index (χ1n) is 6.14. The molecule has 2 aromatic heterocycles. The van der Waals surface area contributed by atoms with Gasteiger partial charge >= 0.3 is 0 Å². The molecule has 1 saturated heterocycles. The van der Waals surface area contributed by atoms with E-state index in [0.29, 0.717) is 17.8 Å². The standard InChI is InChI=1S/C12H16N4OS/c1-9-7-13-4-5-16(9)8-11-14-15-12(17-11)10-3-2-6-18-10/h2-3,6,9,13H,4-5,7-8H2,1H3/t9-/m1/s1. The minimum Gasteiger partial charge on any atom is -0.419 e. The predicted octanol–water partition coefficient (Wildman–Crippen LogP) is 1.59. The van der Waals surface area contributed by atoms with Crippen LogP contribution in [0.2, 0.25) is 0 Å². The van der Waals surface area contributed by atoms with Gasteiger partial charge < -0.3 is 9.73 Å². The molecule has 0 bridgehead atoms. The third-order valence-corrected chi connectivity index (χ3v) is 4.03. The topological polar surface area (TPSA) is 54.2 Å². The molecular weight excluding hydrogens is 248 g/mol. The van der Waals surface area contributed by atoms with Crippen molar-refractivity contribution in [2.24, 2.45) is 0 Å². The van der Waals surface area contributed by atoms with Crippen LogP contribution in [0.4, 0.5) is 0 Å². The van der Waals surface area contributed by atoms with Gasteiger partial charge in [-0.2, -0.15) is 0 Å². The molecule has 0 aromatic carbocycles. The lowest BCUT2D eigenvalue weighted by molar-refractivity contribution is 0.151. The number of hydrogen-bond acceptors (Lipinski definition) is 6. The summed E-state index contributed by atoms with van der Waals surface area (Å²) in [5, 5.41) is 13.6. The first kappa shape index (κ1) is 11.8. The summed E-state index contributed by atoms with van der Waals surface area (Å²) in [6, 6.07) is 4.49. The Morgan fingerprint density at radius 1 is 1.56 bits per heavy atom. The van der Waals surface area contributed by atoms with Crippen LogP contribution >= 0.6 is 11.3 Å². The molecule has 2 aromatic rings. The van der Waals surface area contributed by atoms with E-state index in [9.17, 15) is 0 Å². The lowest BCUT2D eigenvalue weighted by Gasteiger charge is -2.32. The van der Waals surface area contributed by atoms with Crippen LogP contribution in [0.15, 0.2) is 21.9 Å². The van der Waals surface area contributed by atoms with Crippen LogP contribution in [0.3, 0.4) is 0 Å². The zero-order chi connectivity index (χ0) is 12.4. The summed E-state index contributed by atoms with van der Waals surface area (Å²) in [4.78, 5) is 3.39. The Morgan fingerprint density at radius 2 is 2.50 bits per heavy atom. The highest BCUT2D eigenvalue weighted by atomic mass is 32.1. The van der Waals surface area contributed by atoms with E-state index in [1.165, 1.54) is 0 Å². The molecule has 6 heteroatoms. The highest BCUT2D eigenvalue weighted by molar-refractivity contribution is 7.13. The zero-order valence-corrected chi connectivity index (χ0v) is 11.1. The molecule has 1 N–H and O–H groups in total. The molecule has 0 radical (unpaired) electrons. The molecule has 1 aliphatic rings. The fourth-order valence-corrected chi connectivity index (χ4v) is 2.75. The van der Waals surface area contributed by atoms with Crippen molar-refractivity contribution in [3.05, 3.63) is 23.4 Å². The number of nitrogens with one attached hydrogen (secondary N) is 1. The predicted molar refractivity (Wildman–Crippen MR) is 70.4 cm³/mol. The molecule has 96 valence electrons. The van der Waals surface area contributed by atoms with Gasteiger partial charge in [0.1, 0.15) is 0 Å². The van der Waals surface area contributed by atoms with Gasteiger partial charge in [0.15, 0.2) is 0 Å². The van der Waals surface area contributed by atoms with Gasteiger partial charge in [-0.1, -0.05) is 6.07 Å². The van der Waals surface area contributed by atoms with Crippen molar-refractivity contribution in [1.29, 1.82) is 0 Å². The van der Waals surface area contributed by atoms with Gasteiger partial charge in [-0.05, 0) is 18.4 Å².